The number of aromatic nitrogens is 2. The monoisotopic (exact) mass is 211 g/mol. The number of nitrogens with two attached hydrogens (primary N) is 1. The van der Waals surface area contributed by atoms with E-state index in [4.69, 9.17) is 15.0 Å². The molecule has 1 fully saturated rings. The van der Waals surface area contributed by atoms with E-state index < -0.39 is 0 Å². The molecule has 0 aliphatic carbocycles. The molecule has 1 aliphatic heterocycles. The summed E-state index contributed by atoms with van der Waals surface area (Å²) in [6.07, 6.45) is 2.94. The van der Waals surface area contributed by atoms with Crippen molar-refractivity contribution in [1.82, 2.24) is 10.1 Å². The molecule has 2 atom stereocenters. The zero-order valence-corrected chi connectivity index (χ0v) is 8.98. The normalized spacial score (nSPS) is 24.0. The van der Waals surface area contributed by atoms with E-state index in [9.17, 15) is 0 Å². The highest BCUT2D eigenvalue weighted by Gasteiger charge is 2.22. The molecule has 1 aliphatic rings. The lowest BCUT2D eigenvalue weighted by Crippen LogP contribution is -2.17. The maximum Gasteiger partial charge on any atom is 0.243 e. The standard InChI is InChI=1S/C10H17N3O2/c1-2-8(11)10-12-9(13-15-10)7-4-3-5-14-6-7/h7-8H,2-6,11H2,1H3/t7?,8-/m0/s1. The third-order valence-corrected chi connectivity index (χ3v) is 2.74. The van der Waals surface area contributed by atoms with E-state index >= 15 is 0 Å². The molecule has 84 valence electrons. The van der Waals surface area contributed by atoms with Gasteiger partial charge in [-0.1, -0.05) is 12.1 Å². The summed E-state index contributed by atoms with van der Waals surface area (Å²) in [5, 5.41) is 3.96. The van der Waals surface area contributed by atoms with Gasteiger partial charge in [-0.3, -0.25) is 0 Å². The van der Waals surface area contributed by atoms with Gasteiger partial charge >= 0.3 is 0 Å². The lowest BCUT2D eigenvalue weighted by atomic mass is 10.0. The van der Waals surface area contributed by atoms with Crippen LogP contribution in [0, 0.1) is 0 Å². The van der Waals surface area contributed by atoms with Crippen LogP contribution in [0.1, 0.15) is 49.9 Å². The van der Waals surface area contributed by atoms with Gasteiger partial charge < -0.3 is 15.0 Å². The molecule has 1 aromatic rings. The Labute approximate surface area is 89.0 Å². The van der Waals surface area contributed by atoms with Crippen molar-refractivity contribution in [3.05, 3.63) is 11.7 Å². The minimum atomic E-state index is -0.143. The largest absolute Gasteiger partial charge is 0.381 e. The maximum atomic E-state index is 5.81. The fraction of sp³-hybridized carbons (Fsp3) is 0.800. The first-order valence-electron chi connectivity index (χ1n) is 5.48. The van der Waals surface area contributed by atoms with Crippen LogP contribution in [-0.2, 0) is 4.74 Å². The van der Waals surface area contributed by atoms with Crippen LogP contribution >= 0.6 is 0 Å². The SMILES string of the molecule is CC[C@H](N)c1nc(C2CCCOC2)no1. The Bertz CT molecular complexity index is 307. The van der Waals surface area contributed by atoms with E-state index in [0.717, 1.165) is 31.7 Å². The Morgan fingerprint density at radius 3 is 3.13 bits per heavy atom. The molecule has 1 saturated heterocycles. The van der Waals surface area contributed by atoms with Crippen LogP contribution in [0.25, 0.3) is 0 Å². The van der Waals surface area contributed by atoms with E-state index in [-0.39, 0.29) is 12.0 Å². The Kier molecular flexibility index (Phi) is 3.33. The minimum Gasteiger partial charge on any atom is -0.381 e. The molecule has 1 unspecified atom stereocenters. The predicted molar refractivity (Wildman–Crippen MR) is 54.3 cm³/mol. The molecule has 0 aromatic carbocycles. The van der Waals surface area contributed by atoms with Crippen LogP contribution in [0.2, 0.25) is 0 Å². The van der Waals surface area contributed by atoms with Crippen molar-refractivity contribution in [2.24, 2.45) is 5.73 Å². The summed E-state index contributed by atoms with van der Waals surface area (Å²) < 4.78 is 10.5. The average molecular weight is 211 g/mol. The summed E-state index contributed by atoms with van der Waals surface area (Å²) in [4.78, 5) is 4.32. The summed E-state index contributed by atoms with van der Waals surface area (Å²) in [7, 11) is 0. The first kappa shape index (κ1) is 10.6. The van der Waals surface area contributed by atoms with Gasteiger partial charge in [0.1, 0.15) is 0 Å². The van der Waals surface area contributed by atoms with Crippen LogP contribution in [0.4, 0.5) is 0 Å². The molecule has 5 heteroatoms. The van der Waals surface area contributed by atoms with Crippen molar-refractivity contribution in [3.8, 4) is 0 Å². The Morgan fingerprint density at radius 1 is 1.60 bits per heavy atom. The molecule has 2 rings (SSSR count). The highest BCUT2D eigenvalue weighted by atomic mass is 16.5. The van der Waals surface area contributed by atoms with Gasteiger partial charge in [-0.25, -0.2) is 0 Å². The summed E-state index contributed by atoms with van der Waals surface area (Å²) in [5.74, 6) is 1.56. The van der Waals surface area contributed by atoms with Crippen LogP contribution in [0.5, 0.6) is 0 Å². The fourth-order valence-electron chi connectivity index (χ4n) is 1.68. The zero-order valence-electron chi connectivity index (χ0n) is 8.98. The molecule has 15 heavy (non-hydrogen) atoms. The third-order valence-electron chi connectivity index (χ3n) is 2.74. The van der Waals surface area contributed by atoms with E-state index in [2.05, 4.69) is 10.1 Å². The molecule has 0 amide bonds. The molecule has 2 N–H and O–H groups in total. The van der Waals surface area contributed by atoms with Gasteiger partial charge in [0.25, 0.3) is 0 Å². The second-order valence-corrected chi connectivity index (χ2v) is 3.92. The van der Waals surface area contributed by atoms with Gasteiger partial charge in [0.15, 0.2) is 5.82 Å². The van der Waals surface area contributed by atoms with E-state index in [1.807, 2.05) is 6.92 Å². The average Bonchev–Trinajstić information content (AvgIpc) is 2.78. The second kappa shape index (κ2) is 4.72. The van der Waals surface area contributed by atoms with Crippen LogP contribution < -0.4 is 5.73 Å². The minimum absolute atomic E-state index is 0.143. The molecule has 0 spiro atoms. The highest BCUT2D eigenvalue weighted by molar-refractivity contribution is 4.98. The van der Waals surface area contributed by atoms with Crippen LogP contribution in [0.3, 0.4) is 0 Å². The number of nitrogens with zero attached hydrogens (tertiary/aromatic N) is 2. The van der Waals surface area contributed by atoms with Crippen molar-refractivity contribution >= 4 is 0 Å². The fourth-order valence-corrected chi connectivity index (χ4v) is 1.68. The van der Waals surface area contributed by atoms with Crippen molar-refractivity contribution < 1.29 is 9.26 Å². The molecule has 0 radical (unpaired) electrons. The Hall–Kier alpha value is -0.940. The van der Waals surface area contributed by atoms with Crippen molar-refractivity contribution in [2.75, 3.05) is 13.2 Å². The predicted octanol–water partition coefficient (Wildman–Crippen LogP) is 1.37. The highest BCUT2D eigenvalue weighted by Crippen LogP contribution is 2.24. The summed E-state index contributed by atoms with van der Waals surface area (Å²) >= 11 is 0. The molecule has 0 saturated carbocycles. The van der Waals surface area contributed by atoms with Gasteiger partial charge in [0.05, 0.1) is 12.6 Å². The molecule has 2 heterocycles. The molecule has 0 bridgehead atoms. The number of hydrogen-bond acceptors (Lipinski definition) is 5. The topological polar surface area (TPSA) is 74.2 Å². The summed E-state index contributed by atoms with van der Waals surface area (Å²) in [6.45, 7) is 3.54. The number of rotatable bonds is 3. The number of ether oxygens (including phenoxy) is 1. The van der Waals surface area contributed by atoms with Gasteiger partial charge in [0, 0.05) is 12.5 Å². The van der Waals surface area contributed by atoms with Gasteiger partial charge in [-0.05, 0) is 19.3 Å². The smallest absolute Gasteiger partial charge is 0.243 e. The Balaban J connectivity index is 2.05. The first-order valence-corrected chi connectivity index (χ1v) is 5.48. The van der Waals surface area contributed by atoms with Gasteiger partial charge in [-0.2, -0.15) is 4.98 Å². The quantitative estimate of drug-likeness (QED) is 0.817. The van der Waals surface area contributed by atoms with E-state index in [0.29, 0.717) is 12.5 Å². The van der Waals surface area contributed by atoms with E-state index in [1.165, 1.54) is 0 Å². The maximum absolute atomic E-state index is 5.81. The van der Waals surface area contributed by atoms with Gasteiger partial charge in [-0.15, -0.1) is 0 Å². The van der Waals surface area contributed by atoms with Gasteiger partial charge in [0.2, 0.25) is 5.89 Å². The lowest BCUT2D eigenvalue weighted by molar-refractivity contribution is 0.0773. The molecular weight excluding hydrogens is 194 g/mol. The molecule has 5 nitrogen and oxygen atoms in total. The zero-order chi connectivity index (χ0) is 10.7. The summed E-state index contributed by atoms with van der Waals surface area (Å²) in [5.41, 5.74) is 5.81. The van der Waals surface area contributed by atoms with Crippen molar-refractivity contribution in [3.63, 3.8) is 0 Å². The van der Waals surface area contributed by atoms with Crippen molar-refractivity contribution in [1.29, 1.82) is 0 Å². The molecule has 1 aromatic heterocycles. The first-order chi connectivity index (χ1) is 7.31. The second-order valence-electron chi connectivity index (χ2n) is 3.92. The summed E-state index contributed by atoms with van der Waals surface area (Å²) in [6, 6.07) is -0.143. The number of hydrogen-bond donors (Lipinski definition) is 1. The molecular formula is C10H17N3O2. The van der Waals surface area contributed by atoms with Crippen LogP contribution in [-0.4, -0.2) is 23.4 Å². The Morgan fingerprint density at radius 2 is 2.47 bits per heavy atom. The van der Waals surface area contributed by atoms with E-state index in [1.54, 1.807) is 0 Å². The third kappa shape index (κ3) is 2.35. The lowest BCUT2D eigenvalue weighted by Gasteiger charge is -2.18. The van der Waals surface area contributed by atoms with Crippen LogP contribution in [0.15, 0.2) is 4.52 Å². The van der Waals surface area contributed by atoms with Crippen molar-refractivity contribution in [2.45, 2.75) is 38.1 Å².